The number of nitrogens with one attached hydrogen (secondary N) is 1. The summed E-state index contributed by atoms with van der Waals surface area (Å²) in [4.78, 5) is 29.2. The molecule has 0 radical (unpaired) electrons. The van der Waals surface area contributed by atoms with E-state index in [9.17, 15) is 9.59 Å². The number of methoxy groups -OCH3 is 2. The summed E-state index contributed by atoms with van der Waals surface area (Å²) in [6.07, 6.45) is 1.94. The van der Waals surface area contributed by atoms with Crippen LogP contribution in [0.1, 0.15) is 19.5 Å². The third-order valence-electron chi connectivity index (χ3n) is 4.83. The Morgan fingerprint density at radius 2 is 1.93 bits per heavy atom. The molecule has 2 aromatic rings. The lowest BCUT2D eigenvalue weighted by atomic mass is 10.2. The van der Waals surface area contributed by atoms with Crippen LogP contribution in [-0.4, -0.2) is 66.3 Å². The number of hydrogen-bond donors (Lipinski definition) is 1. The summed E-state index contributed by atoms with van der Waals surface area (Å²) in [7, 11) is 5.12. The molecule has 0 saturated heterocycles. The monoisotopic (exact) mass is 416 g/mol. The van der Waals surface area contributed by atoms with Crippen LogP contribution in [0.15, 0.2) is 42.6 Å². The molecule has 0 fully saturated rings. The fourth-order valence-electron chi connectivity index (χ4n) is 2.98. The van der Waals surface area contributed by atoms with Gasteiger partial charge in [-0.1, -0.05) is 6.07 Å². The smallest absolute Gasteiger partial charge is 0.322 e. The number of aryl methyl sites for hydroxylation is 1. The first kappa shape index (κ1) is 23.3. The van der Waals surface area contributed by atoms with Crippen LogP contribution in [0.25, 0.3) is 0 Å². The second-order valence-electron chi connectivity index (χ2n) is 7.30. The molecular weight excluding hydrogens is 384 g/mol. The number of hydrogen-bond acceptors (Lipinski definition) is 4. The fraction of sp³-hybridized carbons (Fsp3) is 0.455. The summed E-state index contributed by atoms with van der Waals surface area (Å²) < 4.78 is 12.3. The van der Waals surface area contributed by atoms with Gasteiger partial charge >= 0.3 is 6.03 Å². The predicted molar refractivity (Wildman–Crippen MR) is 117 cm³/mol. The van der Waals surface area contributed by atoms with Crippen LogP contribution in [0.3, 0.4) is 0 Å². The highest BCUT2D eigenvalue weighted by Gasteiger charge is 2.24. The molecule has 164 valence electrons. The fourth-order valence-corrected chi connectivity index (χ4v) is 2.98. The Bertz CT molecular complexity index is 834. The third kappa shape index (κ3) is 6.52. The summed E-state index contributed by atoms with van der Waals surface area (Å²) in [6, 6.07) is 10.5. The summed E-state index contributed by atoms with van der Waals surface area (Å²) >= 11 is 0. The number of amides is 3. The van der Waals surface area contributed by atoms with E-state index in [0.717, 1.165) is 5.69 Å². The van der Waals surface area contributed by atoms with E-state index in [2.05, 4.69) is 5.32 Å². The quantitative estimate of drug-likeness (QED) is 0.646. The van der Waals surface area contributed by atoms with Crippen LogP contribution >= 0.6 is 0 Å². The van der Waals surface area contributed by atoms with E-state index in [-0.39, 0.29) is 24.5 Å². The normalized spacial score (nSPS) is 10.7. The van der Waals surface area contributed by atoms with Gasteiger partial charge in [-0.25, -0.2) is 4.79 Å². The molecule has 0 aliphatic carbocycles. The zero-order chi connectivity index (χ0) is 22.1. The Hall–Kier alpha value is -3.00. The largest absolute Gasteiger partial charge is 0.497 e. The average molecular weight is 417 g/mol. The van der Waals surface area contributed by atoms with E-state index in [1.807, 2.05) is 43.8 Å². The van der Waals surface area contributed by atoms with Crippen LogP contribution in [0.5, 0.6) is 5.75 Å². The Morgan fingerprint density at radius 1 is 1.17 bits per heavy atom. The second-order valence-corrected chi connectivity index (χ2v) is 7.30. The maximum absolute atomic E-state index is 13.1. The van der Waals surface area contributed by atoms with E-state index < -0.39 is 0 Å². The van der Waals surface area contributed by atoms with Crippen molar-refractivity contribution in [1.82, 2.24) is 14.4 Å². The van der Waals surface area contributed by atoms with Crippen molar-refractivity contribution >= 4 is 17.6 Å². The van der Waals surface area contributed by atoms with Crippen molar-refractivity contribution in [3.05, 3.63) is 48.3 Å². The number of benzene rings is 1. The maximum atomic E-state index is 13.1. The topological polar surface area (TPSA) is 76.0 Å². The molecule has 8 nitrogen and oxygen atoms in total. The number of ether oxygens (including phenoxy) is 2. The molecule has 1 aromatic carbocycles. The van der Waals surface area contributed by atoms with Gasteiger partial charge in [0.25, 0.3) is 0 Å². The Kier molecular flexibility index (Phi) is 8.73. The summed E-state index contributed by atoms with van der Waals surface area (Å²) in [5.74, 6) is 0.510. The summed E-state index contributed by atoms with van der Waals surface area (Å²) in [5, 5.41) is 2.85. The van der Waals surface area contributed by atoms with Crippen molar-refractivity contribution < 1.29 is 19.1 Å². The first-order valence-corrected chi connectivity index (χ1v) is 9.94. The van der Waals surface area contributed by atoms with Gasteiger partial charge in [-0.05, 0) is 38.1 Å². The molecule has 0 unspecified atom stereocenters. The Balaban J connectivity index is 2.10. The van der Waals surface area contributed by atoms with Gasteiger partial charge in [0.2, 0.25) is 5.91 Å². The highest BCUT2D eigenvalue weighted by atomic mass is 16.5. The van der Waals surface area contributed by atoms with Gasteiger partial charge in [-0.3, -0.25) is 4.79 Å². The van der Waals surface area contributed by atoms with Crippen LogP contribution in [0, 0.1) is 0 Å². The number of aromatic nitrogens is 1. The summed E-state index contributed by atoms with van der Waals surface area (Å²) in [6.45, 7) is 5.07. The molecule has 1 N–H and O–H groups in total. The molecule has 2 rings (SSSR count). The van der Waals surface area contributed by atoms with Gasteiger partial charge < -0.3 is 29.2 Å². The molecule has 8 heteroatoms. The van der Waals surface area contributed by atoms with Crippen LogP contribution in [0.2, 0.25) is 0 Å². The first-order chi connectivity index (χ1) is 14.3. The highest BCUT2D eigenvalue weighted by molar-refractivity contribution is 5.92. The average Bonchev–Trinajstić information content (AvgIpc) is 3.13. The molecule has 0 spiro atoms. The number of nitrogens with zero attached hydrogens (tertiary/aromatic N) is 3. The van der Waals surface area contributed by atoms with Gasteiger partial charge in [0.05, 0.1) is 20.3 Å². The van der Waals surface area contributed by atoms with Crippen molar-refractivity contribution in [2.75, 3.05) is 39.2 Å². The molecule has 0 aliphatic heterocycles. The number of anilines is 1. The lowest BCUT2D eigenvalue weighted by molar-refractivity contribution is -0.133. The van der Waals surface area contributed by atoms with Gasteiger partial charge in [0.1, 0.15) is 12.3 Å². The zero-order valence-corrected chi connectivity index (χ0v) is 18.4. The lowest BCUT2D eigenvalue weighted by Gasteiger charge is -2.30. The number of carbonyl (C=O) groups excluding carboxylic acids is 2. The molecule has 1 aromatic heterocycles. The molecule has 0 atom stereocenters. The van der Waals surface area contributed by atoms with E-state index in [1.165, 1.54) is 4.90 Å². The molecule has 0 bridgehead atoms. The minimum atomic E-state index is -0.336. The van der Waals surface area contributed by atoms with Crippen LogP contribution in [-0.2, 0) is 23.1 Å². The van der Waals surface area contributed by atoms with Crippen molar-refractivity contribution in [3.63, 3.8) is 0 Å². The van der Waals surface area contributed by atoms with Crippen molar-refractivity contribution in [2.45, 2.75) is 26.4 Å². The van der Waals surface area contributed by atoms with Crippen molar-refractivity contribution in [1.29, 1.82) is 0 Å². The number of urea groups is 1. The standard InChI is InChI=1S/C22H32N4O4/c1-17(2)26(22(28)23-18-8-6-10-20(14-18)30-5)16-21(27)25(12-13-29-4)15-19-9-7-11-24(19)3/h6-11,14,17H,12-13,15-16H2,1-5H3,(H,23,28). The second kappa shape index (κ2) is 11.3. The molecule has 30 heavy (non-hydrogen) atoms. The maximum Gasteiger partial charge on any atom is 0.322 e. The SMILES string of the molecule is COCCN(Cc1cccn1C)C(=O)CN(C(=O)Nc1cccc(OC)c1)C(C)C. The van der Waals surface area contributed by atoms with Gasteiger partial charge in [0.15, 0.2) is 0 Å². The van der Waals surface area contributed by atoms with Gasteiger partial charge in [-0.2, -0.15) is 0 Å². The minimum Gasteiger partial charge on any atom is -0.497 e. The van der Waals surface area contributed by atoms with E-state index >= 15 is 0 Å². The van der Waals surface area contributed by atoms with E-state index in [4.69, 9.17) is 9.47 Å². The third-order valence-corrected chi connectivity index (χ3v) is 4.83. The molecular formula is C22H32N4O4. The van der Waals surface area contributed by atoms with E-state index in [0.29, 0.717) is 31.1 Å². The summed E-state index contributed by atoms with van der Waals surface area (Å²) in [5.41, 5.74) is 1.62. The molecule has 0 aliphatic rings. The van der Waals surface area contributed by atoms with Gasteiger partial charge in [0, 0.05) is 50.4 Å². The molecule has 3 amide bonds. The Morgan fingerprint density at radius 3 is 2.53 bits per heavy atom. The molecule has 0 saturated carbocycles. The molecule has 1 heterocycles. The number of rotatable bonds is 10. The first-order valence-electron chi connectivity index (χ1n) is 9.94. The van der Waals surface area contributed by atoms with E-state index in [1.54, 1.807) is 43.4 Å². The van der Waals surface area contributed by atoms with Crippen molar-refractivity contribution in [3.8, 4) is 5.75 Å². The predicted octanol–water partition coefficient (Wildman–Crippen LogP) is 2.95. The highest BCUT2D eigenvalue weighted by Crippen LogP contribution is 2.17. The van der Waals surface area contributed by atoms with Crippen molar-refractivity contribution in [2.24, 2.45) is 7.05 Å². The van der Waals surface area contributed by atoms with Gasteiger partial charge in [-0.15, -0.1) is 0 Å². The zero-order valence-electron chi connectivity index (χ0n) is 18.4. The van der Waals surface area contributed by atoms with Crippen LogP contribution < -0.4 is 10.1 Å². The minimum absolute atomic E-state index is 0.0262. The van der Waals surface area contributed by atoms with Crippen LogP contribution in [0.4, 0.5) is 10.5 Å². The number of carbonyl (C=O) groups is 2. The Labute approximate surface area is 178 Å². The lowest BCUT2D eigenvalue weighted by Crippen LogP contribution is -2.48.